The van der Waals surface area contributed by atoms with Crippen molar-refractivity contribution >= 4 is 28.5 Å². The Morgan fingerprint density at radius 3 is 2.73 bits per heavy atom. The standard InChI is InChI=1S/C21H16ClF3N6O2/c22-17-15(5-2-6-26-17)19(32)27-7-8-31-18-16(10-29-31)20(33)30(12-28-18)11-13-3-1-4-14(9-13)21(23,24)25/h1-6,9-10,12H,7-8,11H2,(H,27,32). The Hall–Kier alpha value is -3.73. The normalized spacial score (nSPS) is 11.6. The highest BCUT2D eigenvalue weighted by Crippen LogP contribution is 2.29. The number of amides is 1. The zero-order chi connectivity index (χ0) is 23.6. The van der Waals surface area contributed by atoms with Gasteiger partial charge in [0.15, 0.2) is 5.65 Å². The largest absolute Gasteiger partial charge is 0.416 e. The molecule has 1 aromatic carbocycles. The van der Waals surface area contributed by atoms with Gasteiger partial charge in [0.1, 0.15) is 16.9 Å². The Bertz CT molecular complexity index is 1380. The molecular weight excluding hydrogens is 461 g/mol. The molecule has 0 atom stereocenters. The summed E-state index contributed by atoms with van der Waals surface area (Å²) in [5, 5.41) is 7.13. The van der Waals surface area contributed by atoms with Crippen LogP contribution in [0, 0.1) is 0 Å². The van der Waals surface area contributed by atoms with Crippen LogP contribution in [0.4, 0.5) is 13.2 Å². The number of benzene rings is 1. The highest BCUT2D eigenvalue weighted by atomic mass is 35.5. The summed E-state index contributed by atoms with van der Waals surface area (Å²) in [6, 6.07) is 7.90. The number of carbonyl (C=O) groups excluding carboxylic acids is 1. The number of nitrogens with zero attached hydrogens (tertiary/aromatic N) is 5. The summed E-state index contributed by atoms with van der Waals surface area (Å²) < 4.78 is 41.5. The van der Waals surface area contributed by atoms with Crippen molar-refractivity contribution in [2.24, 2.45) is 0 Å². The van der Waals surface area contributed by atoms with Crippen molar-refractivity contribution in [3.05, 3.63) is 87.3 Å². The van der Waals surface area contributed by atoms with E-state index in [-0.39, 0.29) is 35.7 Å². The fraction of sp³-hybridized carbons (Fsp3) is 0.190. The molecule has 0 unspecified atom stereocenters. The average molecular weight is 477 g/mol. The smallest absolute Gasteiger partial charge is 0.350 e. The van der Waals surface area contributed by atoms with Gasteiger partial charge in [-0.25, -0.2) is 14.6 Å². The zero-order valence-corrected chi connectivity index (χ0v) is 17.6. The number of hydrogen-bond acceptors (Lipinski definition) is 5. The Morgan fingerprint density at radius 2 is 1.97 bits per heavy atom. The predicted octanol–water partition coefficient (Wildman–Crippen LogP) is 3.14. The van der Waals surface area contributed by atoms with Crippen molar-refractivity contribution in [3.63, 3.8) is 0 Å². The summed E-state index contributed by atoms with van der Waals surface area (Å²) in [5.74, 6) is -0.402. The average Bonchev–Trinajstić information content (AvgIpc) is 3.19. The number of nitrogens with one attached hydrogen (secondary N) is 1. The van der Waals surface area contributed by atoms with Crippen molar-refractivity contribution < 1.29 is 18.0 Å². The first kappa shape index (κ1) is 22.5. The Labute approximate surface area is 189 Å². The minimum Gasteiger partial charge on any atom is -0.350 e. The maximum absolute atomic E-state index is 12.9. The quantitative estimate of drug-likeness (QED) is 0.431. The van der Waals surface area contributed by atoms with Crippen LogP contribution in [0.25, 0.3) is 11.0 Å². The Morgan fingerprint density at radius 1 is 1.15 bits per heavy atom. The van der Waals surface area contributed by atoms with Crippen LogP contribution in [0.1, 0.15) is 21.5 Å². The Kier molecular flexibility index (Phi) is 6.14. The van der Waals surface area contributed by atoms with Gasteiger partial charge in [0, 0.05) is 12.7 Å². The molecule has 0 spiro atoms. The van der Waals surface area contributed by atoms with Crippen molar-refractivity contribution in [1.82, 2.24) is 29.6 Å². The molecule has 170 valence electrons. The van der Waals surface area contributed by atoms with E-state index >= 15 is 0 Å². The van der Waals surface area contributed by atoms with Crippen LogP contribution in [0.15, 0.2) is 59.9 Å². The van der Waals surface area contributed by atoms with Gasteiger partial charge in [0.25, 0.3) is 11.5 Å². The number of aromatic nitrogens is 5. The van der Waals surface area contributed by atoms with Gasteiger partial charge in [-0.05, 0) is 29.8 Å². The molecule has 0 saturated heterocycles. The summed E-state index contributed by atoms with van der Waals surface area (Å²) in [6.07, 6.45) is -0.396. The molecule has 0 bridgehead atoms. The molecule has 0 aliphatic heterocycles. The lowest BCUT2D eigenvalue weighted by molar-refractivity contribution is -0.137. The van der Waals surface area contributed by atoms with Crippen LogP contribution >= 0.6 is 11.6 Å². The first-order chi connectivity index (χ1) is 15.7. The van der Waals surface area contributed by atoms with Gasteiger partial charge in [-0.2, -0.15) is 18.3 Å². The lowest BCUT2D eigenvalue weighted by Crippen LogP contribution is -2.28. The van der Waals surface area contributed by atoms with Crippen LogP contribution in [0.5, 0.6) is 0 Å². The second kappa shape index (κ2) is 9.02. The van der Waals surface area contributed by atoms with Crippen LogP contribution in [-0.2, 0) is 19.3 Å². The first-order valence-corrected chi connectivity index (χ1v) is 10.1. The number of fused-ring (bicyclic) bond motifs is 1. The molecule has 3 heterocycles. The van der Waals surface area contributed by atoms with Crippen LogP contribution < -0.4 is 10.9 Å². The van der Waals surface area contributed by atoms with E-state index in [0.29, 0.717) is 11.2 Å². The van der Waals surface area contributed by atoms with Gasteiger partial charge >= 0.3 is 6.18 Å². The SMILES string of the molecule is O=C(NCCn1ncc2c(=O)n(Cc3cccc(C(F)(F)F)c3)cnc21)c1cccnc1Cl. The molecule has 3 aromatic heterocycles. The maximum atomic E-state index is 12.9. The molecule has 0 radical (unpaired) electrons. The van der Waals surface area contributed by atoms with Crippen LogP contribution in [-0.4, -0.2) is 36.8 Å². The maximum Gasteiger partial charge on any atom is 0.416 e. The topological polar surface area (TPSA) is 94.7 Å². The van der Waals surface area contributed by atoms with Crippen molar-refractivity contribution in [1.29, 1.82) is 0 Å². The predicted molar refractivity (Wildman–Crippen MR) is 114 cm³/mol. The number of carbonyl (C=O) groups is 1. The summed E-state index contributed by atoms with van der Waals surface area (Å²) in [4.78, 5) is 33.1. The third kappa shape index (κ3) is 4.87. The Balaban J connectivity index is 1.48. The molecule has 0 fully saturated rings. The zero-order valence-electron chi connectivity index (χ0n) is 16.9. The molecule has 8 nitrogen and oxygen atoms in total. The van der Waals surface area contributed by atoms with E-state index in [1.165, 1.54) is 40.1 Å². The summed E-state index contributed by atoms with van der Waals surface area (Å²) in [6.45, 7) is 0.353. The second-order valence-corrected chi connectivity index (χ2v) is 7.44. The molecule has 1 N–H and O–H groups in total. The summed E-state index contributed by atoms with van der Waals surface area (Å²) in [7, 11) is 0. The van der Waals surface area contributed by atoms with Crippen molar-refractivity contribution in [2.75, 3.05) is 6.54 Å². The number of halogens is 4. The number of alkyl halides is 3. The summed E-state index contributed by atoms with van der Waals surface area (Å²) >= 11 is 5.90. The number of rotatable bonds is 6. The van der Waals surface area contributed by atoms with Gasteiger partial charge in [0.2, 0.25) is 0 Å². The lowest BCUT2D eigenvalue weighted by atomic mass is 10.1. The number of hydrogen-bond donors (Lipinski definition) is 1. The van der Waals surface area contributed by atoms with E-state index in [9.17, 15) is 22.8 Å². The minimum absolute atomic E-state index is 0.0706. The van der Waals surface area contributed by atoms with E-state index in [4.69, 9.17) is 11.6 Å². The third-order valence-electron chi connectivity index (χ3n) is 4.84. The van der Waals surface area contributed by atoms with E-state index < -0.39 is 23.2 Å². The fourth-order valence-electron chi connectivity index (χ4n) is 3.24. The fourth-order valence-corrected chi connectivity index (χ4v) is 3.45. The van der Waals surface area contributed by atoms with E-state index in [2.05, 4.69) is 20.4 Å². The van der Waals surface area contributed by atoms with Crippen LogP contribution in [0.2, 0.25) is 5.15 Å². The monoisotopic (exact) mass is 476 g/mol. The minimum atomic E-state index is -4.47. The lowest BCUT2D eigenvalue weighted by Gasteiger charge is -2.10. The molecular formula is C21H16ClF3N6O2. The molecule has 4 aromatic rings. The summed E-state index contributed by atoms with van der Waals surface area (Å²) in [5.41, 5.74) is -0.370. The molecule has 12 heteroatoms. The molecule has 0 saturated carbocycles. The van der Waals surface area contributed by atoms with Gasteiger partial charge in [-0.15, -0.1) is 0 Å². The highest BCUT2D eigenvalue weighted by molar-refractivity contribution is 6.32. The van der Waals surface area contributed by atoms with Gasteiger partial charge in [0.05, 0.1) is 30.4 Å². The van der Waals surface area contributed by atoms with Gasteiger partial charge in [-0.1, -0.05) is 23.7 Å². The number of pyridine rings is 1. The molecule has 0 aliphatic rings. The molecule has 0 aliphatic carbocycles. The second-order valence-electron chi connectivity index (χ2n) is 7.08. The van der Waals surface area contributed by atoms with Gasteiger partial charge in [-0.3, -0.25) is 14.2 Å². The van der Waals surface area contributed by atoms with Gasteiger partial charge < -0.3 is 5.32 Å². The van der Waals surface area contributed by atoms with Crippen molar-refractivity contribution in [3.8, 4) is 0 Å². The van der Waals surface area contributed by atoms with Crippen LogP contribution in [0.3, 0.4) is 0 Å². The first-order valence-electron chi connectivity index (χ1n) is 9.70. The molecule has 4 rings (SSSR count). The van der Waals surface area contributed by atoms with E-state index in [0.717, 1.165) is 12.1 Å². The van der Waals surface area contributed by atoms with E-state index in [1.807, 2.05) is 0 Å². The van der Waals surface area contributed by atoms with E-state index in [1.54, 1.807) is 12.1 Å². The highest BCUT2D eigenvalue weighted by Gasteiger charge is 2.30. The molecule has 1 amide bonds. The molecule has 33 heavy (non-hydrogen) atoms. The third-order valence-corrected chi connectivity index (χ3v) is 5.14. The van der Waals surface area contributed by atoms with Crippen molar-refractivity contribution in [2.45, 2.75) is 19.3 Å².